The molecule has 1 aromatic heterocycles. The van der Waals surface area contributed by atoms with Crippen LogP contribution in [0.2, 0.25) is 0 Å². The van der Waals surface area contributed by atoms with E-state index in [4.69, 9.17) is 0 Å². The number of carbonyl (C=O) groups is 1. The Kier molecular flexibility index (Phi) is 5.49. The molecule has 1 atom stereocenters. The number of aromatic nitrogens is 2. The molecule has 0 unspecified atom stereocenters. The van der Waals surface area contributed by atoms with Gasteiger partial charge in [-0.3, -0.25) is 14.4 Å². The molecule has 0 aliphatic carbocycles. The summed E-state index contributed by atoms with van der Waals surface area (Å²) in [5, 5.41) is 4.13. The quantitative estimate of drug-likeness (QED) is 0.686. The fraction of sp³-hybridized carbons (Fsp3) is 0.333. The number of rotatable bonds is 4. The Balaban J connectivity index is 1.58. The van der Waals surface area contributed by atoms with Gasteiger partial charge in [0, 0.05) is 39.4 Å². The van der Waals surface area contributed by atoms with Crippen LogP contribution >= 0.6 is 0 Å². The molecular formula is C24H28N4O. The summed E-state index contributed by atoms with van der Waals surface area (Å²) in [5.41, 5.74) is 5.87. The number of amides is 1. The van der Waals surface area contributed by atoms with E-state index in [0.717, 1.165) is 26.2 Å². The maximum absolute atomic E-state index is 12.8. The molecule has 150 valence electrons. The van der Waals surface area contributed by atoms with Crippen LogP contribution in [0.3, 0.4) is 0 Å². The second-order valence-corrected chi connectivity index (χ2v) is 7.84. The van der Waals surface area contributed by atoms with Gasteiger partial charge in [-0.1, -0.05) is 54.1 Å². The summed E-state index contributed by atoms with van der Waals surface area (Å²) in [6.07, 6.45) is 1.68. The lowest BCUT2D eigenvalue weighted by Crippen LogP contribution is -2.50. The average molecular weight is 389 g/mol. The first-order valence-electron chi connectivity index (χ1n) is 10.2. The molecule has 0 saturated carbocycles. The molecule has 5 heteroatoms. The zero-order valence-corrected chi connectivity index (χ0v) is 17.4. The first kappa shape index (κ1) is 19.4. The van der Waals surface area contributed by atoms with E-state index in [0.29, 0.717) is 5.69 Å². The third-order valence-electron chi connectivity index (χ3n) is 5.85. The minimum Gasteiger partial charge on any atom is -0.335 e. The van der Waals surface area contributed by atoms with Gasteiger partial charge in [-0.2, -0.15) is 5.10 Å². The van der Waals surface area contributed by atoms with E-state index in [1.54, 1.807) is 16.9 Å². The Hall–Kier alpha value is -2.92. The fourth-order valence-electron chi connectivity index (χ4n) is 4.21. The van der Waals surface area contributed by atoms with Gasteiger partial charge in [0.25, 0.3) is 5.91 Å². The maximum Gasteiger partial charge on any atom is 0.272 e. The van der Waals surface area contributed by atoms with Crippen LogP contribution in [0, 0.1) is 13.8 Å². The van der Waals surface area contributed by atoms with E-state index < -0.39 is 0 Å². The molecule has 4 rings (SSSR count). The lowest BCUT2D eigenvalue weighted by Gasteiger charge is -2.40. The summed E-state index contributed by atoms with van der Waals surface area (Å²) in [6, 6.07) is 19.4. The minimum atomic E-state index is 0.0626. The van der Waals surface area contributed by atoms with Gasteiger partial charge in [-0.25, -0.2) is 0 Å². The first-order valence-corrected chi connectivity index (χ1v) is 10.2. The molecule has 5 nitrogen and oxygen atoms in total. The van der Waals surface area contributed by atoms with Crippen molar-refractivity contribution in [2.45, 2.75) is 19.9 Å². The largest absolute Gasteiger partial charge is 0.335 e. The summed E-state index contributed by atoms with van der Waals surface area (Å²) < 4.78 is 1.65. The summed E-state index contributed by atoms with van der Waals surface area (Å²) in [6.45, 7) is 7.46. The molecule has 1 fully saturated rings. The lowest BCUT2D eigenvalue weighted by atomic mass is 9.92. The van der Waals surface area contributed by atoms with Crippen LogP contribution in [0.25, 0.3) is 0 Å². The van der Waals surface area contributed by atoms with Crippen LogP contribution in [0.5, 0.6) is 0 Å². The van der Waals surface area contributed by atoms with E-state index in [1.165, 1.54) is 22.3 Å². The van der Waals surface area contributed by atoms with Crippen molar-refractivity contribution in [2.24, 2.45) is 7.05 Å². The van der Waals surface area contributed by atoms with Gasteiger partial charge in [-0.05, 0) is 36.6 Å². The first-order chi connectivity index (χ1) is 14.0. The maximum atomic E-state index is 12.8. The number of aryl methyl sites for hydroxylation is 3. The number of nitrogens with zero attached hydrogens (tertiary/aromatic N) is 4. The SMILES string of the molecule is Cc1ccc(C)c([C@H](c2ccccc2)N2CCN(C(=O)c3ccnn3C)CC2)c1. The molecular weight excluding hydrogens is 360 g/mol. The highest BCUT2D eigenvalue weighted by Crippen LogP contribution is 2.32. The van der Waals surface area contributed by atoms with Crippen LogP contribution in [-0.4, -0.2) is 51.7 Å². The van der Waals surface area contributed by atoms with Crippen molar-refractivity contribution < 1.29 is 4.79 Å². The lowest BCUT2D eigenvalue weighted by molar-refractivity contribution is 0.0586. The second-order valence-electron chi connectivity index (χ2n) is 7.84. The number of hydrogen-bond donors (Lipinski definition) is 0. The van der Waals surface area contributed by atoms with Gasteiger partial charge in [0.15, 0.2) is 0 Å². The zero-order chi connectivity index (χ0) is 20.4. The van der Waals surface area contributed by atoms with Gasteiger partial charge in [0.05, 0.1) is 6.04 Å². The minimum absolute atomic E-state index is 0.0626. The van der Waals surface area contributed by atoms with E-state index in [1.807, 2.05) is 11.9 Å². The molecule has 1 amide bonds. The van der Waals surface area contributed by atoms with Crippen LogP contribution in [-0.2, 0) is 7.05 Å². The highest BCUT2D eigenvalue weighted by molar-refractivity contribution is 5.92. The molecule has 1 aliphatic rings. The standard InChI is InChI=1S/C24H28N4O/c1-18-9-10-19(2)21(17-18)23(20-7-5-4-6-8-20)27-13-15-28(16-14-27)24(29)22-11-12-25-26(22)3/h4-12,17,23H,13-16H2,1-3H3/t23-/m0/s1. The van der Waals surface area contributed by atoms with Gasteiger partial charge in [-0.15, -0.1) is 0 Å². The summed E-state index contributed by atoms with van der Waals surface area (Å²) >= 11 is 0. The molecule has 0 N–H and O–H groups in total. The van der Waals surface area contributed by atoms with Crippen LogP contribution in [0.4, 0.5) is 0 Å². The molecule has 1 saturated heterocycles. The molecule has 29 heavy (non-hydrogen) atoms. The number of carbonyl (C=O) groups excluding carboxylic acids is 1. The number of benzene rings is 2. The van der Waals surface area contributed by atoms with Crippen molar-refractivity contribution in [3.63, 3.8) is 0 Å². The highest BCUT2D eigenvalue weighted by atomic mass is 16.2. The van der Waals surface area contributed by atoms with Gasteiger partial charge >= 0.3 is 0 Å². The summed E-state index contributed by atoms with van der Waals surface area (Å²) in [5.74, 6) is 0.0626. The zero-order valence-electron chi connectivity index (χ0n) is 17.4. The number of hydrogen-bond acceptors (Lipinski definition) is 3. The van der Waals surface area contributed by atoms with Crippen molar-refractivity contribution >= 4 is 5.91 Å². The normalized spacial score (nSPS) is 16.0. The van der Waals surface area contributed by atoms with E-state index in [2.05, 4.69) is 72.4 Å². The average Bonchev–Trinajstić information content (AvgIpc) is 3.17. The summed E-state index contributed by atoms with van der Waals surface area (Å²) in [4.78, 5) is 17.3. The van der Waals surface area contributed by atoms with Gasteiger partial charge in [0.1, 0.15) is 5.69 Å². The van der Waals surface area contributed by atoms with Crippen molar-refractivity contribution in [3.05, 3.63) is 88.7 Å². The third-order valence-corrected chi connectivity index (χ3v) is 5.85. The number of piperazine rings is 1. The molecule has 3 aromatic rings. The molecule has 2 heterocycles. The molecule has 0 bridgehead atoms. The van der Waals surface area contributed by atoms with Gasteiger partial charge < -0.3 is 4.90 Å². The van der Waals surface area contributed by atoms with Crippen LogP contribution in [0.15, 0.2) is 60.8 Å². The van der Waals surface area contributed by atoms with Crippen LogP contribution < -0.4 is 0 Å². The second kappa shape index (κ2) is 8.21. The van der Waals surface area contributed by atoms with E-state index in [-0.39, 0.29) is 11.9 Å². The Morgan fingerprint density at radius 3 is 2.34 bits per heavy atom. The van der Waals surface area contributed by atoms with Crippen molar-refractivity contribution in [1.29, 1.82) is 0 Å². The molecule has 0 radical (unpaired) electrons. The Morgan fingerprint density at radius 2 is 1.69 bits per heavy atom. The van der Waals surface area contributed by atoms with Crippen molar-refractivity contribution in [2.75, 3.05) is 26.2 Å². The smallest absolute Gasteiger partial charge is 0.272 e. The van der Waals surface area contributed by atoms with E-state index >= 15 is 0 Å². The van der Waals surface area contributed by atoms with Crippen LogP contribution in [0.1, 0.15) is 38.8 Å². The summed E-state index contributed by atoms with van der Waals surface area (Å²) in [7, 11) is 1.81. The topological polar surface area (TPSA) is 41.4 Å². The monoisotopic (exact) mass is 388 g/mol. The van der Waals surface area contributed by atoms with Gasteiger partial charge in [0.2, 0.25) is 0 Å². The molecule has 1 aliphatic heterocycles. The van der Waals surface area contributed by atoms with Crippen molar-refractivity contribution in [3.8, 4) is 0 Å². The molecule has 2 aromatic carbocycles. The Morgan fingerprint density at radius 1 is 0.966 bits per heavy atom. The predicted molar refractivity (Wildman–Crippen MR) is 115 cm³/mol. The third kappa shape index (κ3) is 3.96. The Bertz CT molecular complexity index is 987. The van der Waals surface area contributed by atoms with E-state index in [9.17, 15) is 4.79 Å². The predicted octanol–water partition coefficient (Wildman–Crippen LogP) is 3.58. The fourth-order valence-corrected chi connectivity index (χ4v) is 4.21. The molecule has 0 spiro atoms. The highest BCUT2D eigenvalue weighted by Gasteiger charge is 2.30. The Labute approximate surface area is 172 Å². The van der Waals surface area contributed by atoms with Crippen molar-refractivity contribution in [1.82, 2.24) is 19.6 Å².